The molecule has 0 aliphatic carbocycles. The van der Waals surface area contributed by atoms with E-state index >= 15 is 0 Å². The summed E-state index contributed by atoms with van der Waals surface area (Å²) in [7, 11) is 0. The van der Waals surface area contributed by atoms with Crippen LogP contribution in [0.5, 0.6) is 0 Å². The number of hydrogen-bond donors (Lipinski definition) is 0. The zero-order valence-electron chi connectivity index (χ0n) is 9.48. The molecule has 0 amide bonds. The van der Waals surface area contributed by atoms with Crippen molar-refractivity contribution in [1.29, 1.82) is 5.26 Å². The number of rotatable bonds is 3. The van der Waals surface area contributed by atoms with Gasteiger partial charge in [0, 0.05) is 16.3 Å². The summed E-state index contributed by atoms with van der Waals surface area (Å²) in [5.41, 5.74) is 0.455. The van der Waals surface area contributed by atoms with E-state index in [4.69, 9.17) is 11.6 Å². The third-order valence-corrected chi connectivity index (χ3v) is 3.93. The van der Waals surface area contributed by atoms with Crippen LogP contribution < -0.4 is 0 Å². The fourth-order valence-corrected chi connectivity index (χ4v) is 2.85. The van der Waals surface area contributed by atoms with E-state index in [2.05, 4.69) is 12.1 Å². The number of nitriles is 1. The van der Waals surface area contributed by atoms with Gasteiger partial charge in [0.25, 0.3) is 0 Å². The van der Waals surface area contributed by atoms with Crippen LogP contribution in [-0.2, 0) is 11.8 Å². The smallest absolute Gasteiger partial charge is 0.0842 e. The number of nitrogens with zero attached hydrogens (tertiary/aromatic N) is 1. The third kappa shape index (κ3) is 2.69. The van der Waals surface area contributed by atoms with Crippen molar-refractivity contribution < 1.29 is 0 Å². The number of halogens is 1. The lowest BCUT2D eigenvalue weighted by Crippen LogP contribution is -2.22. The van der Waals surface area contributed by atoms with Crippen molar-refractivity contribution in [2.24, 2.45) is 0 Å². The minimum Gasteiger partial charge on any atom is -0.197 e. The molecule has 0 spiro atoms. The molecule has 17 heavy (non-hydrogen) atoms. The van der Waals surface area contributed by atoms with E-state index in [0.29, 0.717) is 5.02 Å². The van der Waals surface area contributed by atoms with Gasteiger partial charge in [-0.3, -0.25) is 0 Å². The lowest BCUT2D eigenvalue weighted by molar-refractivity contribution is 0.612. The molecule has 0 aliphatic rings. The molecule has 0 N–H and O–H groups in total. The molecule has 1 atom stereocenters. The molecule has 0 saturated heterocycles. The summed E-state index contributed by atoms with van der Waals surface area (Å²) in [5, 5.41) is 12.1. The van der Waals surface area contributed by atoms with Crippen molar-refractivity contribution in [2.75, 3.05) is 0 Å². The Morgan fingerprint density at radius 3 is 2.76 bits per heavy atom. The maximum absolute atomic E-state index is 9.44. The Labute approximate surface area is 110 Å². The van der Waals surface area contributed by atoms with Crippen LogP contribution in [0.1, 0.15) is 17.4 Å². The summed E-state index contributed by atoms with van der Waals surface area (Å²) in [4.78, 5) is 1.22. The SMILES string of the molecule is CC(C#N)(Cc1cccs1)c1cccc(Cl)c1. The average Bonchev–Trinajstić information content (AvgIpc) is 2.81. The van der Waals surface area contributed by atoms with Gasteiger partial charge in [0.05, 0.1) is 11.5 Å². The molecule has 1 unspecified atom stereocenters. The molecule has 0 bridgehead atoms. The van der Waals surface area contributed by atoms with Gasteiger partial charge in [0.2, 0.25) is 0 Å². The van der Waals surface area contributed by atoms with Crippen molar-refractivity contribution in [3.63, 3.8) is 0 Å². The monoisotopic (exact) mass is 261 g/mol. The Hall–Kier alpha value is -1.30. The lowest BCUT2D eigenvalue weighted by Gasteiger charge is -2.21. The highest BCUT2D eigenvalue weighted by molar-refractivity contribution is 7.09. The van der Waals surface area contributed by atoms with Gasteiger partial charge in [0.1, 0.15) is 0 Å². The van der Waals surface area contributed by atoms with Crippen molar-refractivity contribution in [3.05, 3.63) is 57.2 Å². The third-order valence-electron chi connectivity index (χ3n) is 2.82. The Morgan fingerprint density at radius 1 is 1.35 bits per heavy atom. The van der Waals surface area contributed by atoms with Gasteiger partial charge in [0.15, 0.2) is 0 Å². The second-order valence-electron chi connectivity index (χ2n) is 4.21. The molecule has 86 valence electrons. The van der Waals surface area contributed by atoms with Crippen molar-refractivity contribution >= 4 is 22.9 Å². The second kappa shape index (κ2) is 4.91. The Balaban J connectivity index is 2.35. The summed E-state index contributed by atoms with van der Waals surface area (Å²) in [6.07, 6.45) is 0.724. The number of benzene rings is 1. The average molecular weight is 262 g/mol. The van der Waals surface area contributed by atoms with Crippen molar-refractivity contribution in [1.82, 2.24) is 0 Å². The van der Waals surface area contributed by atoms with Crippen LogP contribution >= 0.6 is 22.9 Å². The first-order valence-electron chi connectivity index (χ1n) is 5.34. The maximum atomic E-state index is 9.44. The molecule has 0 radical (unpaired) electrons. The van der Waals surface area contributed by atoms with Crippen molar-refractivity contribution in [3.8, 4) is 6.07 Å². The Kier molecular flexibility index (Phi) is 3.51. The van der Waals surface area contributed by atoms with Crippen LogP contribution in [0.3, 0.4) is 0 Å². The zero-order chi connectivity index (χ0) is 12.3. The summed E-state index contributed by atoms with van der Waals surface area (Å²) in [6, 6.07) is 14.0. The van der Waals surface area contributed by atoms with Gasteiger partial charge < -0.3 is 0 Å². The zero-order valence-corrected chi connectivity index (χ0v) is 11.1. The van der Waals surface area contributed by atoms with Crippen LogP contribution in [-0.4, -0.2) is 0 Å². The molecule has 1 aromatic carbocycles. The van der Waals surface area contributed by atoms with E-state index in [1.165, 1.54) is 4.88 Å². The van der Waals surface area contributed by atoms with E-state index in [0.717, 1.165) is 12.0 Å². The quantitative estimate of drug-likeness (QED) is 0.802. The summed E-state index contributed by atoms with van der Waals surface area (Å²) < 4.78 is 0. The highest BCUT2D eigenvalue weighted by Crippen LogP contribution is 2.30. The fraction of sp³-hybridized carbons (Fsp3) is 0.214. The molecule has 2 aromatic rings. The van der Waals surface area contributed by atoms with E-state index in [-0.39, 0.29) is 0 Å². The lowest BCUT2D eigenvalue weighted by atomic mass is 9.80. The van der Waals surface area contributed by atoms with Crippen molar-refractivity contribution in [2.45, 2.75) is 18.8 Å². The van der Waals surface area contributed by atoms with E-state index in [1.807, 2.05) is 42.6 Å². The number of hydrogen-bond acceptors (Lipinski definition) is 2. The van der Waals surface area contributed by atoms with Crippen LogP contribution in [0, 0.1) is 11.3 Å². The highest BCUT2D eigenvalue weighted by Gasteiger charge is 2.27. The molecule has 3 heteroatoms. The van der Waals surface area contributed by atoms with Crippen LogP contribution in [0.25, 0.3) is 0 Å². The second-order valence-corrected chi connectivity index (χ2v) is 5.68. The van der Waals surface area contributed by atoms with Gasteiger partial charge in [-0.2, -0.15) is 5.26 Å². The normalized spacial score (nSPS) is 13.9. The molecule has 1 heterocycles. The molecule has 0 saturated carbocycles. The predicted molar refractivity (Wildman–Crippen MR) is 72.4 cm³/mol. The first-order chi connectivity index (χ1) is 8.14. The standard InChI is InChI=1S/C14H12ClNS/c1-14(10-16,9-13-6-3-7-17-13)11-4-2-5-12(15)8-11/h2-8H,9H2,1H3. The van der Waals surface area contributed by atoms with Gasteiger partial charge in [-0.05, 0) is 36.1 Å². The first kappa shape index (κ1) is 12.2. The van der Waals surface area contributed by atoms with Crippen LogP contribution in [0.4, 0.5) is 0 Å². The number of thiophene rings is 1. The Morgan fingerprint density at radius 2 is 2.18 bits per heavy atom. The van der Waals surface area contributed by atoms with Crippen LogP contribution in [0.2, 0.25) is 5.02 Å². The molecule has 1 nitrogen and oxygen atoms in total. The molecule has 0 aliphatic heterocycles. The molecular formula is C14H12ClNS. The molecular weight excluding hydrogens is 250 g/mol. The van der Waals surface area contributed by atoms with Gasteiger partial charge in [-0.25, -0.2) is 0 Å². The highest BCUT2D eigenvalue weighted by atomic mass is 35.5. The summed E-state index contributed by atoms with van der Waals surface area (Å²) in [5.74, 6) is 0. The maximum Gasteiger partial charge on any atom is 0.0842 e. The summed E-state index contributed by atoms with van der Waals surface area (Å²) >= 11 is 7.66. The molecule has 2 rings (SSSR count). The van der Waals surface area contributed by atoms with E-state index in [9.17, 15) is 5.26 Å². The van der Waals surface area contributed by atoms with Gasteiger partial charge in [-0.1, -0.05) is 29.8 Å². The Bertz CT molecular complexity index is 542. The minimum absolute atomic E-state index is 0.518. The van der Waals surface area contributed by atoms with Gasteiger partial charge >= 0.3 is 0 Å². The fourth-order valence-electron chi connectivity index (χ4n) is 1.80. The molecule has 1 aromatic heterocycles. The van der Waals surface area contributed by atoms with E-state index < -0.39 is 5.41 Å². The summed E-state index contributed by atoms with van der Waals surface area (Å²) in [6.45, 7) is 1.96. The van der Waals surface area contributed by atoms with E-state index in [1.54, 1.807) is 11.3 Å². The van der Waals surface area contributed by atoms with Crippen LogP contribution in [0.15, 0.2) is 41.8 Å². The largest absolute Gasteiger partial charge is 0.197 e. The van der Waals surface area contributed by atoms with Gasteiger partial charge in [-0.15, -0.1) is 11.3 Å². The predicted octanol–water partition coefficient (Wildman–Crippen LogP) is 4.43. The first-order valence-corrected chi connectivity index (χ1v) is 6.59. The topological polar surface area (TPSA) is 23.8 Å². The minimum atomic E-state index is -0.518. The molecule has 0 fully saturated rings.